The van der Waals surface area contributed by atoms with E-state index in [1.807, 2.05) is 68.4 Å². The molecular weight excluding hydrogens is 1020 g/mol. The molecule has 2 heterocycles. The van der Waals surface area contributed by atoms with Crippen molar-refractivity contribution < 1.29 is 38.2 Å². The Balaban J connectivity index is 1.98. The molecule has 0 saturated heterocycles. The average Bonchev–Trinajstić information content (AvgIpc) is 3.88. The second-order valence-electron chi connectivity index (χ2n) is 30.0. The van der Waals surface area contributed by atoms with Crippen LogP contribution in [0.3, 0.4) is 0 Å². The molecule has 0 radical (unpaired) electrons. The highest BCUT2D eigenvalue weighted by atomic mass is 32.2. The van der Waals surface area contributed by atoms with Gasteiger partial charge in [0.25, 0.3) is 0 Å². The van der Waals surface area contributed by atoms with Gasteiger partial charge in [-0.1, -0.05) is 158 Å². The molecule has 1 aromatic rings. The minimum Gasteiger partial charge on any atom is -0.465 e. The summed E-state index contributed by atoms with van der Waals surface area (Å²) in [4.78, 5) is 81.2. The Labute approximate surface area is 490 Å². The van der Waals surface area contributed by atoms with Gasteiger partial charge in [-0.15, -0.1) is 11.8 Å². The van der Waals surface area contributed by atoms with Crippen LogP contribution in [0.15, 0.2) is 21.8 Å². The number of allylic oxidation sites excluding steroid dienone is 1. The molecule has 13 heteroatoms. The molecule has 0 spiro atoms. The number of aromatic nitrogens is 1. The molecule has 3 N–H and O–H groups in total. The van der Waals surface area contributed by atoms with Gasteiger partial charge in [0.15, 0.2) is 0 Å². The quantitative estimate of drug-likeness (QED) is 0.0617. The number of thioether (sulfide) groups is 1. The van der Waals surface area contributed by atoms with Crippen molar-refractivity contribution in [3.8, 4) is 0 Å². The molecule has 0 aromatic carbocycles. The number of carbonyl (C=O) groups excluding carboxylic acids is 5. The Bertz CT molecular complexity index is 2370. The molecule has 6 unspecified atom stereocenters. The summed E-state index contributed by atoms with van der Waals surface area (Å²) in [6.07, 6.45) is 9.21. The molecule has 1 aliphatic heterocycles. The Morgan fingerprint density at radius 1 is 0.675 bits per heavy atom. The summed E-state index contributed by atoms with van der Waals surface area (Å²) in [5, 5.41) is 5.78. The van der Waals surface area contributed by atoms with Crippen molar-refractivity contribution in [1.82, 2.24) is 10.3 Å². The van der Waals surface area contributed by atoms with Gasteiger partial charge in [-0.05, 0) is 140 Å². The lowest BCUT2D eigenvalue weighted by atomic mass is 9.59. The van der Waals surface area contributed by atoms with Gasteiger partial charge >= 0.3 is 17.9 Å². The third kappa shape index (κ3) is 17.4. The second-order valence-corrected chi connectivity index (χ2v) is 31.5. The molecule has 80 heavy (non-hydrogen) atoms. The number of hydrogen-bond donors (Lipinski definition) is 3. The van der Waals surface area contributed by atoms with E-state index in [9.17, 15) is 14.4 Å². The monoisotopic (exact) mass is 1130 g/mol. The topological polar surface area (TPSA) is 165 Å². The third-order valence-corrected chi connectivity index (χ3v) is 19.3. The van der Waals surface area contributed by atoms with Crippen LogP contribution in [0.5, 0.6) is 0 Å². The van der Waals surface area contributed by atoms with E-state index >= 15 is 9.59 Å². The van der Waals surface area contributed by atoms with Crippen LogP contribution < -0.4 is 10.6 Å². The molecule has 2 fully saturated rings. The predicted octanol–water partition coefficient (Wildman–Crippen LogP) is 16.6. The highest BCUT2D eigenvalue weighted by molar-refractivity contribution is 8.00. The number of rotatable bonds is 21. The zero-order valence-corrected chi connectivity index (χ0v) is 55.4. The number of aliphatic imine (C=N–C) groups is 1. The van der Waals surface area contributed by atoms with Gasteiger partial charge in [-0.3, -0.25) is 14.4 Å². The van der Waals surface area contributed by atoms with Gasteiger partial charge in [-0.2, -0.15) is 0 Å². The summed E-state index contributed by atoms with van der Waals surface area (Å²) in [7, 11) is 0. The van der Waals surface area contributed by atoms with Crippen molar-refractivity contribution in [1.29, 1.82) is 0 Å². The minimum absolute atomic E-state index is 0.0752. The lowest BCUT2D eigenvalue weighted by Gasteiger charge is -2.50. The molecule has 1 aromatic heterocycles. The third-order valence-electron chi connectivity index (χ3n) is 18.0. The zero-order chi connectivity index (χ0) is 60.8. The van der Waals surface area contributed by atoms with Crippen molar-refractivity contribution in [3.05, 3.63) is 33.7 Å². The summed E-state index contributed by atoms with van der Waals surface area (Å²) in [5.74, 6) is -0.361. The number of hydrogen-bond acceptors (Lipinski definition) is 10. The number of carbonyl (C=O) groups is 5. The number of esters is 3. The second kappa shape index (κ2) is 27.7. The lowest BCUT2D eigenvalue weighted by molar-refractivity contribution is -0.164. The fourth-order valence-corrected chi connectivity index (χ4v) is 13.4. The van der Waals surface area contributed by atoms with Gasteiger partial charge in [0.05, 0.1) is 23.0 Å². The maximum atomic E-state index is 15.5. The summed E-state index contributed by atoms with van der Waals surface area (Å²) < 4.78 is 19.5. The number of anilines is 1. The van der Waals surface area contributed by atoms with Crippen molar-refractivity contribution in [2.24, 2.45) is 79.4 Å². The number of nitrogens with zero attached hydrogens (tertiary/aromatic N) is 1. The standard InChI is InChI=1S/C67H112N4O8S/c1-25-28-30-43(26-2)59(73)71-57-53(61(75)79-55-46(65(17,18)19)35-41(9)36-47(55)66(20,21)22)51(39(6)7)49(69-57)37-48-50(38(4)5)52(60(74)78-54-44(63(11,12)13)33-40(8)34-45(54)64(14,15)16)56(68-48)70-58(72)42(10)80-32-29-31-77-62(76)67(23,24)27-3/h37-47,54-55,68H,25-36H2,1-24H3,(H,70,72)(H,69,71,73). The van der Waals surface area contributed by atoms with E-state index in [0.29, 0.717) is 65.8 Å². The van der Waals surface area contributed by atoms with Gasteiger partial charge in [0, 0.05) is 35.3 Å². The summed E-state index contributed by atoms with van der Waals surface area (Å²) in [6.45, 7) is 51.4. The molecule has 12 nitrogen and oxygen atoms in total. The van der Waals surface area contributed by atoms with Gasteiger partial charge in [-0.25, -0.2) is 14.6 Å². The molecule has 2 amide bonds. The maximum Gasteiger partial charge on any atom is 0.342 e. The first-order chi connectivity index (χ1) is 36.8. The largest absolute Gasteiger partial charge is 0.465 e. The number of amidine groups is 1. The lowest BCUT2D eigenvalue weighted by Crippen LogP contribution is -2.50. The number of amides is 2. The molecule has 2 saturated carbocycles. The van der Waals surface area contributed by atoms with Crippen molar-refractivity contribution in [2.45, 2.75) is 254 Å². The Morgan fingerprint density at radius 3 is 1.59 bits per heavy atom. The zero-order valence-electron chi connectivity index (χ0n) is 54.6. The van der Waals surface area contributed by atoms with Crippen LogP contribution >= 0.6 is 11.8 Å². The van der Waals surface area contributed by atoms with Crippen LogP contribution in [0.4, 0.5) is 5.82 Å². The van der Waals surface area contributed by atoms with Crippen LogP contribution in [-0.2, 0) is 33.4 Å². The molecule has 3 aliphatic rings. The van der Waals surface area contributed by atoms with Crippen molar-refractivity contribution >= 4 is 59.2 Å². The number of aromatic amines is 1. The van der Waals surface area contributed by atoms with Gasteiger partial charge < -0.3 is 29.8 Å². The maximum absolute atomic E-state index is 15.5. The fourth-order valence-electron chi connectivity index (χ4n) is 12.6. The predicted molar refractivity (Wildman–Crippen MR) is 331 cm³/mol. The number of ether oxygens (including phenoxy) is 3. The first-order valence-corrected chi connectivity index (χ1v) is 32.0. The fraction of sp³-hybridized carbons (Fsp3) is 0.791. The highest BCUT2D eigenvalue weighted by Gasteiger charge is 2.51. The van der Waals surface area contributed by atoms with Gasteiger partial charge in [0.1, 0.15) is 35.0 Å². The van der Waals surface area contributed by atoms with Crippen molar-refractivity contribution in [2.75, 3.05) is 17.7 Å². The van der Waals surface area contributed by atoms with E-state index in [1.165, 1.54) is 11.8 Å². The van der Waals surface area contributed by atoms with Gasteiger partial charge in [0.2, 0.25) is 11.8 Å². The summed E-state index contributed by atoms with van der Waals surface area (Å²) in [6, 6.07) is 0. The van der Waals surface area contributed by atoms with E-state index in [-0.39, 0.29) is 116 Å². The van der Waals surface area contributed by atoms with Crippen LogP contribution in [-0.4, -0.2) is 70.4 Å². The Hall–Kier alpha value is -3.87. The highest BCUT2D eigenvalue weighted by Crippen LogP contribution is 2.52. The number of nitrogens with one attached hydrogen (secondary N) is 3. The summed E-state index contributed by atoms with van der Waals surface area (Å²) >= 11 is 1.45. The average molecular weight is 1130 g/mol. The Kier molecular flexibility index (Phi) is 23.7. The number of unbranched alkanes of at least 4 members (excludes halogenated alkanes) is 1. The first kappa shape index (κ1) is 68.6. The van der Waals surface area contributed by atoms with Crippen LogP contribution in [0.2, 0.25) is 0 Å². The Morgan fingerprint density at radius 2 is 1.16 bits per heavy atom. The molecule has 6 atom stereocenters. The first-order valence-electron chi connectivity index (χ1n) is 30.9. The van der Waals surface area contributed by atoms with Crippen LogP contribution in [0, 0.1) is 74.4 Å². The molecular formula is C67H112N4O8S. The van der Waals surface area contributed by atoms with E-state index < -0.39 is 28.7 Å². The normalized spacial score (nSPS) is 24.7. The van der Waals surface area contributed by atoms with E-state index in [4.69, 9.17) is 19.2 Å². The van der Waals surface area contributed by atoms with Crippen LogP contribution in [0.1, 0.15) is 258 Å². The molecule has 2 aliphatic carbocycles. The smallest absolute Gasteiger partial charge is 0.342 e. The SMILES string of the molecule is CCCCC(CC)C(=O)NC1=NC(=Cc2[nH]c(NC(=O)C(C)SCCCOC(=O)C(C)(C)CC)c(C(=O)OC3C(C(C)(C)C)CC(C)CC3C(C)(C)C)c2C(C)C)C(C(C)C)=C1C(=O)OC1C(C(C)(C)C)CC(C)CC1C(C)(C)C. The minimum atomic E-state index is -0.565. The van der Waals surface area contributed by atoms with Crippen molar-refractivity contribution in [3.63, 3.8) is 0 Å². The van der Waals surface area contributed by atoms with E-state index in [2.05, 4.69) is 119 Å². The molecule has 0 bridgehead atoms. The molecule has 4 rings (SSSR count). The molecule has 454 valence electrons. The van der Waals surface area contributed by atoms with E-state index in [0.717, 1.165) is 38.5 Å². The van der Waals surface area contributed by atoms with E-state index in [1.54, 1.807) is 0 Å². The summed E-state index contributed by atoms with van der Waals surface area (Å²) in [5.41, 5.74) is 1.55. The van der Waals surface area contributed by atoms with Crippen LogP contribution in [0.25, 0.3) is 6.08 Å². The number of H-pyrrole nitrogens is 1.